The molecule has 0 unspecified atom stereocenters. The van der Waals surface area contributed by atoms with Gasteiger partial charge in [-0.05, 0) is 13.3 Å². The molecular weight excluding hydrogens is 208 g/mol. The number of hydrogen-bond donors (Lipinski definition) is 1. The van der Waals surface area contributed by atoms with Gasteiger partial charge in [0.25, 0.3) is 0 Å². The molecule has 0 amide bonds. The molecule has 2 heterocycles. The number of rotatable bonds is 1. The SMILES string of the molecule is COC(=O)c1c(C)[nH]c2c(c1=O)CCN2C. The standard InChI is InChI=1S/C11H14N2O3/c1-6-8(11(15)16-3)9(14)7-4-5-13(2)10(7)12-6/h4-5H2,1-3H3,(H,12,14). The lowest BCUT2D eigenvalue weighted by atomic mass is 10.1. The van der Waals surface area contributed by atoms with Crippen molar-refractivity contribution in [2.24, 2.45) is 0 Å². The summed E-state index contributed by atoms with van der Waals surface area (Å²) in [6.45, 7) is 2.51. The zero-order valence-corrected chi connectivity index (χ0v) is 9.59. The van der Waals surface area contributed by atoms with E-state index in [0.29, 0.717) is 17.7 Å². The molecule has 0 spiro atoms. The molecule has 0 fully saturated rings. The summed E-state index contributed by atoms with van der Waals surface area (Å²) >= 11 is 0. The monoisotopic (exact) mass is 222 g/mol. The highest BCUT2D eigenvalue weighted by Gasteiger charge is 2.25. The van der Waals surface area contributed by atoms with E-state index < -0.39 is 5.97 Å². The van der Waals surface area contributed by atoms with Crippen LogP contribution in [-0.4, -0.2) is 31.7 Å². The largest absolute Gasteiger partial charge is 0.465 e. The number of anilines is 1. The van der Waals surface area contributed by atoms with Gasteiger partial charge < -0.3 is 14.6 Å². The van der Waals surface area contributed by atoms with Crippen LogP contribution in [0.2, 0.25) is 0 Å². The molecule has 1 aliphatic heterocycles. The number of aryl methyl sites for hydroxylation is 1. The number of aromatic nitrogens is 1. The highest BCUT2D eigenvalue weighted by Crippen LogP contribution is 2.22. The summed E-state index contributed by atoms with van der Waals surface area (Å²) in [5, 5.41) is 0. The fourth-order valence-electron chi connectivity index (χ4n) is 2.04. The molecule has 0 atom stereocenters. The zero-order chi connectivity index (χ0) is 11.9. The molecule has 0 saturated carbocycles. The predicted octanol–water partition coefficient (Wildman–Crippen LogP) is 0.462. The summed E-state index contributed by atoms with van der Waals surface area (Å²) in [5.74, 6) is 0.242. The van der Waals surface area contributed by atoms with Crippen molar-refractivity contribution in [2.45, 2.75) is 13.3 Å². The molecule has 1 aromatic rings. The smallest absolute Gasteiger partial charge is 0.343 e. The van der Waals surface area contributed by atoms with E-state index in [-0.39, 0.29) is 11.0 Å². The average molecular weight is 222 g/mol. The molecule has 0 bridgehead atoms. The minimum Gasteiger partial charge on any atom is -0.465 e. The number of nitrogens with zero attached hydrogens (tertiary/aromatic N) is 1. The Morgan fingerprint density at radius 3 is 2.81 bits per heavy atom. The fraction of sp³-hybridized carbons (Fsp3) is 0.455. The number of pyridine rings is 1. The van der Waals surface area contributed by atoms with Gasteiger partial charge in [-0.2, -0.15) is 0 Å². The molecule has 1 aliphatic rings. The van der Waals surface area contributed by atoms with Crippen molar-refractivity contribution in [1.29, 1.82) is 0 Å². The number of esters is 1. The van der Waals surface area contributed by atoms with Crippen LogP contribution in [-0.2, 0) is 11.2 Å². The fourth-order valence-corrected chi connectivity index (χ4v) is 2.04. The number of hydrogen-bond acceptors (Lipinski definition) is 4. The predicted molar refractivity (Wildman–Crippen MR) is 60.1 cm³/mol. The topological polar surface area (TPSA) is 62.4 Å². The molecule has 0 radical (unpaired) electrons. The minimum absolute atomic E-state index is 0.122. The molecule has 0 saturated heterocycles. The highest BCUT2D eigenvalue weighted by molar-refractivity contribution is 5.91. The Morgan fingerprint density at radius 2 is 2.19 bits per heavy atom. The Labute approximate surface area is 93.0 Å². The van der Waals surface area contributed by atoms with Crippen LogP contribution < -0.4 is 10.3 Å². The Kier molecular flexibility index (Phi) is 2.46. The van der Waals surface area contributed by atoms with Gasteiger partial charge >= 0.3 is 5.97 Å². The van der Waals surface area contributed by atoms with Crippen LogP contribution in [0, 0.1) is 6.92 Å². The molecule has 0 aliphatic carbocycles. The number of H-pyrrole nitrogens is 1. The third-order valence-electron chi connectivity index (χ3n) is 2.94. The quantitative estimate of drug-likeness (QED) is 0.701. The second-order valence-corrected chi connectivity index (χ2v) is 3.94. The first-order chi connectivity index (χ1) is 7.56. The van der Waals surface area contributed by atoms with Gasteiger partial charge in [0, 0.05) is 24.8 Å². The summed E-state index contributed by atoms with van der Waals surface area (Å²) in [6, 6.07) is 0. The van der Waals surface area contributed by atoms with Crippen LogP contribution in [0.3, 0.4) is 0 Å². The van der Waals surface area contributed by atoms with E-state index in [1.807, 2.05) is 11.9 Å². The number of carbonyl (C=O) groups is 1. The first-order valence-electron chi connectivity index (χ1n) is 5.11. The van der Waals surface area contributed by atoms with E-state index >= 15 is 0 Å². The lowest BCUT2D eigenvalue weighted by Crippen LogP contribution is -2.23. The van der Waals surface area contributed by atoms with Crippen LogP contribution in [0.25, 0.3) is 0 Å². The number of nitrogens with one attached hydrogen (secondary N) is 1. The van der Waals surface area contributed by atoms with Gasteiger partial charge in [0.15, 0.2) is 0 Å². The normalized spacial score (nSPS) is 13.8. The lowest BCUT2D eigenvalue weighted by molar-refractivity contribution is 0.0598. The number of fused-ring (bicyclic) bond motifs is 1. The maximum atomic E-state index is 12.1. The van der Waals surface area contributed by atoms with E-state index in [4.69, 9.17) is 0 Å². The zero-order valence-electron chi connectivity index (χ0n) is 9.59. The van der Waals surface area contributed by atoms with Crippen LogP contribution >= 0.6 is 0 Å². The third kappa shape index (κ3) is 1.39. The minimum atomic E-state index is -0.573. The maximum absolute atomic E-state index is 12.1. The molecule has 1 aromatic heterocycles. The molecule has 5 heteroatoms. The first kappa shape index (κ1) is 10.7. The van der Waals surface area contributed by atoms with Crippen molar-refractivity contribution in [1.82, 2.24) is 4.98 Å². The summed E-state index contributed by atoms with van der Waals surface area (Å²) in [7, 11) is 3.19. The Hall–Kier alpha value is -1.78. The molecule has 0 aromatic carbocycles. The highest BCUT2D eigenvalue weighted by atomic mass is 16.5. The van der Waals surface area contributed by atoms with Crippen molar-refractivity contribution < 1.29 is 9.53 Å². The van der Waals surface area contributed by atoms with E-state index in [2.05, 4.69) is 9.72 Å². The first-order valence-corrected chi connectivity index (χ1v) is 5.11. The van der Waals surface area contributed by atoms with Crippen LogP contribution in [0.4, 0.5) is 5.82 Å². The Morgan fingerprint density at radius 1 is 1.50 bits per heavy atom. The maximum Gasteiger partial charge on any atom is 0.343 e. The van der Waals surface area contributed by atoms with Gasteiger partial charge in [-0.1, -0.05) is 0 Å². The van der Waals surface area contributed by atoms with E-state index in [1.54, 1.807) is 6.92 Å². The lowest BCUT2D eigenvalue weighted by Gasteiger charge is -2.13. The molecule has 86 valence electrons. The third-order valence-corrected chi connectivity index (χ3v) is 2.94. The molecular formula is C11H14N2O3. The summed E-state index contributed by atoms with van der Waals surface area (Å²) in [4.78, 5) is 28.6. The van der Waals surface area contributed by atoms with Gasteiger partial charge in [-0.15, -0.1) is 0 Å². The molecule has 5 nitrogen and oxygen atoms in total. The summed E-state index contributed by atoms with van der Waals surface area (Å²) < 4.78 is 4.61. The van der Waals surface area contributed by atoms with Crippen LogP contribution in [0.5, 0.6) is 0 Å². The van der Waals surface area contributed by atoms with Gasteiger partial charge in [-0.25, -0.2) is 4.79 Å². The second kappa shape index (κ2) is 3.66. The number of likely N-dealkylation sites (N-methyl/N-ethyl adjacent to an activating group) is 1. The van der Waals surface area contributed by atoms with Gasteiger partial charge in [0.2, 0.25) is 5.43 Å². The number of carbonyl (C=O) groups excluding carboxylic acids is 1. The Balaban J connectivity index is 2.67. The van der Waals surface area contributed by atoms with E-state index in [0.717, 1.165) is 12.4 Å². The van der Waals surface area contributed by atoms with Crippen molar-refractivity contribution >= 4 is 11.8 Å². The average Bonchev–Trinajstić information content (AvgIpc) is 2.60. The summed E-state index contributed by atoms with van der Waals surface area (Å²) in [6.07, 6.45) is 0.672. The van der Waals surface area contributed by atoms with Crippen molar-refractivity contribution in [3.63, 3.8) is 0 Å². The van der Waals surface area contributed by atoms with E-state index in [9.17, 15) is 9.59 Å². The van der Waals surface area contributed by atoms with Crippen molar-refractivity contribution in [3.8, 4) is 0 Å². The molecule has 2 rings (SSSR count). The van der Waals surface area contributed by atoms with Gasteiger partial charge in [0.1, 0.15) is 11.4 Å². The second-order valence-electron chi connectivity index (χ2n) is 3.94. The molecule has 1 N–H and O–H groups in total. The number of ether oxygens (including phenoxy) is 1. The number of methoxy groups -OCH3 is 1. The number of aromatic amines is 1. The van der Waals surface area contributed by atoms with Crippen LogP contribution in [0.1, 0.15) is 21.6 Å². The van der Waals surface area contributed by atoms with E-state index in [1.165, 1.54) is 7.11 Å². The van der Waals surface area contributed by atoms with Crippen molar-refractivity contribution in [3.05, 3.63) is 27.0 Å². The van der Waals surface area contributed by atoms with Gasteiger partial charge in [0.05, 0.1) is 7.11 Å². The Bertz CT molecular complexity index is 505. The molecule has 16 heavy (non-hydrogen) atoms. The van der Waals surface area contributed by atoms with Crippen molar-refractivity contribution in [2.75, 3.05) is 25.6 Å². The summed E-state index contributed by atoms with van der Waals surface area (Å²) in [5.41, 5.74) is 1.15. The van der Waals surface area contributed by atoms with Crippen LogP contribution in [0.15, 0.2) is 4.79 Å². The van der Waals surface area contributed by atoms with Gasteiger partial charge in [-0.3, -0.25) is 4.79 Å².